The molecule has 1 heterocycles. The molecular weight excluding hydrogens is 182 g/mol. The second-order valence-corrected chi connectivity index (χ2v) is 3.18. The maximum absolute atomic E-state index is 10.4. The molecule has 0 aliphatic heterocycles. The van der Waals surface area contributed by atoms with Gasteiger partial charge in [0, 0.05) is 12.2 Å². The van der Waals surface area contributed by atoms with Crippen molar-refractivity contribution in [2.75, 3.05) is 5.73 Å². The lowest BCUT2D eigenvalue weighted by Gasteiger charge is -2.10. The molecule has 0 aliphatic rings. The Morgan fingerprint density at radius 2 is 2.36 bits per heavy atom. The van der Waals surface area contributed by atoms with Crippen LogP contribution in [0.2, 0.25) is 0 Å². The van der Waals surface area contributed by atoms with Gasteiger partial charge in [-0.3, -0.25) is 4.79 Å². The summed E-state index contributed by atoms with van der Waals surface area (Å²) in [5.41, 5.74) is 12.7. The number of nitrogen functional groups attached to an aromatic ring is 1. The van der Waals surface area contributed by atoms with Crippen LogP contribution in [0, 0.1) is 6.92 Å². The number of hydrogen-bond acceptors (Lipinski definition) is 4. The van der Waals surface area contributed by atoms with Crippen LogP contribution in [0.1, 0.15) is 23.6 Å². The summed E-state index contributed by atoms with van der Waals surface area (Å²) in [5, 5.41) is 8.54. The molecule has 0 amide bonds. The topological polar surface area (TPSA) is 102 Å². The van der Waals surface area contributed by atoms with Crippen molar-refractivity contribution in [1.82, 2.24) is 4.98 Å². The number of rotatable bonds is 3. The fraction of sp³-hybridized carbons (Fsp3) is 0.333. The molecule has 0 bridgehead atoms. The number of aliphatic carboxylic acids is 1. The van der Waals surface area contributed by atoms with E-state index in [9.17, 15) is 4.79 Å². The first-order valence-electron chi connectivity index (χ1n) is 4.20. The van der Waals surface area contributed by atoms with Crippen molar-refractivity contribution >= 4 is 11.8 Å². The minimum atomic E-state index is -0.924. The van der Waals surface area contributed by atoms with Crippen LogP contribution >= 0.6 is 0 Å². The van der Waals surface area contributed by atoms with E-state index in [1.165, 1.54) is 6.20 Å². The van der Waals surface area contributed by atoms with Crippen LogP contribution in [-0.2, 0) is 4.79 Å². The predicted octanol–water partition coefficient (Wildman–Crippen LogP) is 0.447. The van der Waals surface area contributed by atoms with Crippen molar-refractivity contribution in [3.63, 3.8) is 0 Å². The Labute approximate surface area is 81.7 Å². The van der Waals surface area contributed by atoms with E-state index in [1.54, 1.807) is 13.0 Å². The van der Waals surface area contributed by atoms with E-state index in [0.717, 1.165) is 5.56 Å². The van der Waals surface area contributed by atoms with Gasteiger partial charge >= 0.3 is 5.97 Å². The van der Waals surface area contributed by atoms with Crippen molar-refractivity contribution in [3.8, 4) is 0 Å². The van der Waals surface area contributed by atoms with Crippen molar-refractivity contribution < 1.29 is 9.90 Å². The summed E-state index contributed by atoms with van der Waals surface area (Å²) < 4.78 is 0. The number of aromatic nitrogens is 1. The Balaban J connectivity index is 2.85. The second-order valence-electron chi connectivity index (χ2n) is 3.18. The summed E-state index contributed by atoms with van der Waals surface area (Å²) in [5.74, 6) is -0.483. The lowest BCUT2D eigenvalue weighted by Crippen LogP contribution is -2.15. The van der Waals surface area contributed by atoms with Gasteiger partial charge in [-0.25, -0.2) is 4.98 Å². The Morgan fingerprint density at radius 1 is 1.71 bits per heavy atom. The molecule has 0 aliphatic carbocycles. The van der Waals surface area contributed by atoms with E-state index >= 15 is 0 Å². The van der Waals surface area contributed by atoms with Gasteiger partial charge in [0.2, 0.25) is 0 Å². The number of anilines is 1. The van der Waals surface area contributed by atoms with E-state index in [1.807, 2.05) is 0 Å². The average Bonchev–Trinajstić information content (AvgIpc) is 2.08. The molecule has 0 saturated carbocycles. The summed E-state index contributed by atoms with van der Waals surface area (Å²) in [6.45, 7) is 1.80. The highest BCUT2D eigenvalue weighted by Crippen LogP contribution is 2.16. The van der Waals surface area contributed by atoms with Gasteiger partial charge < -0.3 is 16.6 Å². The van der Waals surface area contributed by atoms with Gasteiger partial charge in [0.15, 0.2) is 0 Å². The van der Waals surface area contributed by atoms with Crippen LogP contribution in [0.15, 0.2) is 12.3 Å². The highest BCUT2D eigenvalue weighted by Gasteiger charge is 2.11. The monoisotopic (exact) mass is 195 g/mol. The Hall–Kier alpha value is -1.62. The van der Waals surface area contributed by atoms with Crippen molar-refractivity contribution in [2.24, 2.45) is 5.73 Å². The molecule has 1 rings (SSSR count). The first kappa shape index (κ1) is 10.5. The molecule has 14 heavy (non-hydrogen) atoms. The fourth-order valence-electron chi connectivity index (χ4n) is 1.12. The van der Waals surface area contributed by atoms with Gasteiger partial charge in [0.1, 0.15) is 5.82 Å². The molecular formula is C9H13N3O2. The molecule has 76 valence electrons. The minimum absolute atomic E-state index is 0.106. The highest BCUT2D eigenvalue weighted by atomic mass is 16.4. The van der Waals surface area contributed by atoms with Gasteiger partial charge in [0.25, 0.3) is 0 Å². The van der Waals surface area contributed by atoms with Crippen LogP contribution < -0.4 is 11.5 Å². The van der Waals surface area contributed by atoms with Crippen molar-refractivity contribution in [1.29, 1.82) is 0 Å². The minimum Gasteiger partial charge on any atom is -0.481 e. The molecule has 0 saturated heterocycles. The zero-order chi connectivity index (χ0) is 10.7. The number of pyridine rings is 1. The lowest BCUT2D eigenvalue weighted by atomic mass is 10.1. The summed E-state index contributed by atoms with van der Waals surface area (Å²) in [7, 11) is 0. The second kappa shape index (κ2) is 4.06. The molecule has 1 aromatic heterocycles. The van der Waals surface area contributed by atoms with Crippen LogP contribution in [-0.4, -0.2) is 16.1 Å². The van der Waals surface area contributed by atoms with Crippen LogP contribution in [0.25, 0.3) is 0 Å². The summed E-state index contributed by atoms with van der Waals surface area (Å²) in [4.78, 5) is 14.3. The third kappa shape index (κ3) is 2.43. The van der Waals surface area contributed by atoms with Crippen LogP contribution in [0.5, 0.6) is 0 Å². The molecule has 0 radical (unpaired) electrons. The Kier molecular flexibility index (Phi) is 3.03. The van der Waals surface area contributed by atoms with Gasteiger partial charge in [-0.1, -0.05) is 0 Å². The van der Waals surface area contributed by atoms with E-state index in [0.29, 0.717) is 11.4 Å². The van der Waals surface area contributed by atoms with Gasteiger partial charge in [-0.2, -0.15) is 0 Å². The number of carboxylic acid groups (broad SMARTS) is 1. The molecule has 5 heteroatoms. The molecule has 0 aromatic carbocycles. The molecule has 5 nitrogen and oxygen atoms in total. The largest absolute Gasteiger partial charge is 0.481 e. The SMILES string of the molecule is Cc1cc(C(N)CC(=O)O)cnc1N. The quantitative estimate of drug-likeness (QED) is 0.649. The Morgan fingerprint density at radius 3 is 2.86 bits per heavy atom. The van der Waals surface area contributed by atoms with Gasteiger partial charge in [-0.15, -0.1) is 0 Å². The summed E-state index contributed by atoms with van der Waals surface area (Å²) >= 11 is 0. The molecule has 1 unspecified atom stereocenters. The normalized spacial score (nSPS) is 12.4. The number of carbonyl (C=O) groups is 1. The van der Waals surface area contributed by atoms with Crippen LogP contribution in [0.3, 0.4) is 0 Å². The average molecular weight is 195 g/mol. The number of nitrogens with zero attached hydrogens (tertiary/aromatic N) is 1. The lowest BCUT2D eigenvalue weighted by molar-refractivity contribution is -0.137. The van der Waals surface area contributed by atoms with E-state index in [-0.39, 0.29) is 6.42 Å². The van der Waals surface area contributed by atoms with Crippen LogP contribution in [0.4, 0.5) is 5.82 Å². The molecule has 0 spiro atoms. The zero-order valence-corrected chi connectivity index (χ0v) is 7.90. The summed E-state index contributed by atoms with van der Waals surface area (Å²) in [6, 6.07) is 1.23. The van der Waals surface area contributed by atoms with Crippen molar-refractivity contribution in [3.05, 3.63) is 23.4 Å². The number of aryl methyl sites for hydroxylation is 1. The molecule has 1 atom stereocenters. The highest BCUT2D eigenvalue weighted by molar-refractivity contribution is 5.67. The zero-order valence-electron chi connectivity index (χ0n) is 7.90. The number of hydrogen-bond donors (Lipinski definition) is 3. The van der Waals surface area contributed by atoms with E-state index in [2.05, 4.69) is 4.98 Å². The Bertz CT molecular complexity index is 352. The van der Waals surface area contributed by atoms with Crippen molar-refractivity contribution in [2.45, 2.75) is 19.4 Å². The number of carboxylic acids is 1. The maximum Gasteiger partial charge on any atom is 0.305 e. The van der Waals surface area contributed by atoms with E-state index in [4.69, 9.17) is 16.6 Å². The third-order valence-electron chi connectivity index (χ3n) is 1.96. The first-order chi connectivity index (χ1) is 6.50. The summed E-state index contributed by atoms with van der Waals surface area (Å²) in [6.07, 6.45) is 1.40. The fourth-order valence-corrected chi connectivity index (χ4v) is 1.12. The third-order valence-corrected chi connectivity index (χ3v) is 1.96. The molecule has 5 N–H and O–H groups in total. The predicted molar refractivity (Wildman–Crippen MR) is 52.6 cm³/mol. The smallest absolute Gasteiger partial charge is 0.305 e. The maximum atomic E-state index is 10.4. The first-order valence-corrected chi connectivity index (χ1v) is 4.20. The molecule has 0 fully saturated rings. The molecule has 1 aromatic rings. The standard InChI is InChI=1S/C9H13N3O2/c1-5-2-6(4-12-9(5)11)7(10)3-8(13)14/h2,4,7H,3,10H2,1H3,(H2,11,12)(H,13,14). The number of nitrogens with two attached hydrogens (primary N) is 2. The van der Waals surface area contributed by atoms with Gasteiger partial charge in [0.05, 0.1) is 6.42 Å². The van der Waals surface area contributed by atoms with E-state index < -0.39 is 12.0 Å². The van der Waals surface area contributed by atoms with Gasteiger partial charge in [-0.05, 0) is 24.1 Å².